The number of aryl methyl sites for hydroxylation is 2. The lowest BCUT2D eigenvalue weighted by Crippen LogP contribution is -2.12. The van der Waals surface area contributed by atoms with Gasteiger partial charge in [0.25, 0.3) is 0 Å². The van der Waals surface area contributed by atoms with E-state index >= 15 is 0 Å². The van der Waals surface area contributed by atoms with Gasteiger partial charge in [0.05, 0.1) is 22.6 Å². The molecule has 2 N–H and O–H groups in total. The number of nitrogens with two attached hydrogens (primary N) is 1. The largest absolute Gasteiger partial charge is 0.456 e. The molecular formula is C19H16ClN3O2. The molecule has 126 valence electrons. The Morgan fingerprint density at radius 2 is 1.88 bits per heavy atom. The number of rotatable bonds is 4. The third-order valence-corrected chi connectivity index (χ3v) is 4.14. The normalized spacial score (nSPS) is 10.5. The summed E-state index contributed by atoms with van der Waals surface area (Å²) in [6.07, 6.45) is 3.28. The minimum absolute atomic E-state index is 0.446. The number of benzene rings is 1. The number of hydrogen-bond acceptors (Lipinski definition) is 4. The molecule has 2 aromatic heterocycles. The summed E-state index contributed by atoms with van der Waals surface area (Å²) in [5.41, 5.74) is 8.98. The highest BCUT2D eigenvalue weighted by Gasteiger charge is 2.09. The first kappa shape index (κ1) is 16.9. The fourth-order valence-electron chi connectivity index (χ4n) is 2.41. The van der Waals surface area contributed by atoms with E-state index < -0.39 is 5.91 Å². The van der Waals surface area contributed by atoms with Crippen LogP contribution >= 0.6 is 11.6 Å². The zero-order valence-corrected chi connectivity index (χ0v) is 14.5. The van der Waals surface area contributed by atoms with E-state index in [-0.39, 0.29) is 0 Å². The molecule has 0 bridgehead atoms. The summed E-state index contributed by atoms with van der Waals surface area (Å²) in [7, 11) is 0. The van der Waals surface area contributed by atoms with Crippen molar-refractivity contribution in [2.24, 2.45) is 5.73 Å². The van der Waals surface area contributed by atoms with Gasteiger partial charge in [-0.25, -0.2) is 0 Å². The maximum Gasteiger partial charge on any atom is 0.248 e. The van der Waals surface area contributed by atoms with Crippen molar-refractivity contribution in [2.75, 3.05) is 0 Å². The van der Waals surface area contributed by atoms with Gasteiger partial charge in [0, 0.05) is 29.5 Å². The summed E-state index contributed by atoms with van der Waals surface area (Å²) in [5.74, 6) is 0.717. The highest BCUT2D eigenvalue weighted by Crippen LogP contribution is 2.28. The van der Waals surface area contributed by atoms with Gasteiger partial charge in [-0.1, -0.05) is 17.7 Å². The fraction of sp³-hybridized carbons (Fsp3) is 0.105. The van der Waals surface area contributed by atoms with Crippen molar-refractivity contribution in [1.82, 2.24) is 9.97 Å². The van der Waals surface area contributed by atoms with Crippen LogP contribution in [0.5, 0.6) is 11.5 Å². The number of amides is 1. The van der Waals surface area contributed by atoms with Gasteiger partial charge >= 0.3 is 0 Å². The van der Waals surface area contributed by atoms with Crippen LogP contribution in [-0.2, 0) is 0 Å². The number of aromatic nitrogens is 2. The molecule has 0 aliphatic carbocycles. The van der Waals surface area contributed by atoms with Crippen molar-refractivity contribution in [1.29, 1.82) is 0 Å². The molecule has 0 fully saturated rings. The summed E-state index contributed by atoms with van der Waals surface area (Å²) in [6.45, 7) is 3.67. The fourth-order valence-corrected chi connectivity index (χ4v) is 2.57. The molecule has 3 aromatic rings. The average Bonchev–Trinajstić information content (AvgIpc) is 2.58. The van der Waals surface area contributed by atoms with Crippen LogP contribution in [0.1, 0.15) is 21.6 Å². The van der Waals surface area contributed by atoms with E-state index in [9.17, 15) is 4.79 Å². The second-order valence-corrected chi connectivity index (χ2v) is 6.02. The van der Waals surface area contributed by atoms with Crippen LogP contribution in [0.25, 0.3) is 11.3 Å². The molecule has 0 aliphatic heterocycles. The Labute approximate surface area is 150 Å². The van der Waals surface area contributed by atoms with Crippen LogP contribution in [-0.4, -0.2) is 15.9 Å². The van der Waals surface area contributed by atoms with Crippen molar-refractivity contribution in [2.45, 2.75) is 13.8 Å². The molecule has 6 heteroatoms. The van der Waals surface area contributed by atoms with Gasteiger partial charge in [-0.15, -0.1) is 0 Å². The van der Waals surface area contributed by atoms with Gasteiger partial charge in [0.15, 0.2) is 0 Å². The molecule has 1 amide bonds. The Balaban J connectivity index is 1.90. The van der Waals surface area contributed by atoms with Crippen molar-refractivity contribution < 1.29 is 9.53 Å². The summed E-state index contributed by atoms with van der Waals surface area (Å²) in [4.78, 5) is 19.9. The highest BCUT2D eigenvalue weighted by atomic mass is 35.5. The predicted molar refractivity (Wildman–Crippen MR) is 97.0 cm³/mol. The summed E-state index contributed by atoms with van der Waals surface area (Å²) in [5, 5.41) is 0.546. The minimum atomic E-state index is -0.446. The molecule has 2 heterocycles. The van der Waals surface area contributed by atoms with Gasteiger partial charge in [-0.3, -0.25) is 14.8 Å². The standard InChI is InChI=1S/C19H16ClN3O2/c1-11-7-13(3-4-16(11)19(21)24)18-9-14(5-6-22-18)25-15-8-17(20)12(2)23-10-15/h3-10H,1-2H3,(H2,21,24). The molecular weight excluding hydrogens is 338 g/mol. The number of hydrogen-bond donors (Lipinski definition) is 1. The lowest BCUT2D eigenvalue weighted by Gasteiger charge is -2.09. The number of pyridine rings is 2. The first-order chi connectivity index (χ1) is 11.9. The van der Waals surface area contributed by atoms with Gasteiger partial charge in [-0.05, 0) is 37.6 Å². The number of halogens is 1. The maximum atomic E-state index is 11.3. The zero-order valence-electron chi connectivity index (χ0n) is 13.8. The zero-order chi connectivity index (χ0) is 18.0. The summed E-state index contributed by atoms with van der Waals surface area (Å²) in [6, 6.07) is 10.7. The third-order valence-electron chi connectivity index (χ3n) is 3.75. The molecule has 1 aromatic carbocycles. The van der Waals surface area contributed by atoms with E-state index in [1.54, 1.807) is 30.6 Å². The molecule has 0 atom stereocenters. The Hall–Kier alpha value is -2.92. The van der Waals surface area contributed by atoms with Crippen LogP contribution in [0.3, 0.4) is 0 Å². The van der Waals surface area contributed by atoms with Crippen LogP contribution in [0.2, 0.25) is 5.02 Å². The highest BCUT2D eigenvalue weighted by molar-refractivity contribution is 6.31. The molecule has 0 unspecified atom stereocenters. The number of nitrogens with zero attached hydrogens (tertiary/aromatic N) is 2. The average molecular weight is 354 g/mol. The van der Waals surface area contributed by atoms with E-state index in [1.165, 1.54) is 0 Å². The van der Waals surface area contributed by atoms with Gasteiger partial charge in [-0.2, -0.15) is 0 Å². The van der Waals surface area contributed by atoms with Gasteiger partial charge < -0.3 is 10.5 Å². The SMILES string of the molecule is Cc1cc(-c2cc(Oc3cnc(C)c(Cl)c3)ccn2)ccc1C(N)=O. The lowest BCUT2D eigenvalue weighted by atomic mass is 10.0. The second kappa shape index (κ2) is 6.91. The molecule has 0 spiro atoms. The smallest absolute Gasteiger partial charge is 0.248 e. The Morgan fingerprint density at radius 3 is 2.56 bits per heavy atom. The Kier molecular flexibility index (Phi) is 4.67. The quantitative estimate of drug-likeness (QED) is 0.758. The van der Waals surface area contributed by atoms with Crippen LogP contribution in [0.15, 0.2) is 48.8 Å². The van der Waals surface area contributed by atoms with E-state index in [4.69, 9.17) is 22.1 Å². The van der Waals surface area contributed by atoms with Crippen molar-refractivity contribution in [3.63, 3.8) is 0 Å². The van der Waals surface area contributed by atoms with Crippen molar-refractivity contribution in [3.05, 3.63) is 70.6 Å². The maximum absolute atomic E-state index is 11.3. The predicted octanol–water partition coefficient (Wildman–Crippen LogP) is 4.31. The monoisotopic (exact) mass is 353 g/mol. The number of primary amides is 1. The molecule has 0 saturated carbocycles. The summed E-state index contributed by atoms with van der Waals surface area (Å²) >= 11 is 6.07. The molecule has 0 saturated heterocycles. The molecule has 0 aliphatic rings. The van der Waals surface area contributed by atoms with E-state index in [0.717, 1.165) is 22.5 Å². The lowest BCUT2D eigenvalue weighted by molar-refractivity contribution is 0.0999. The van der Waals surface area contributed by atoms with E-state index in [0.29, 0.717) is 22.1 Å². The number of carbonyl (C=O) groups is 1. The first-order valence-electron chi connectivity index (χ1n) is 7.61. The topological polar surface area (TPSA) is 78.1 Å². The molecule has 0 radical (unpaired) electrons. The van der Waals surface area contributed by atoms with Gasteiger partial charge in [0.1, 0.15) is 11.5 Å². The molecule has 3 rings (SSSR count). The van der Waals surface area contributed by atoms with Gasteiger partial charge in [0.2, 0.25) is 5.91 Å². The summed E-state index contributed by atoms with van der Waals surface area (Å²) < 4.78 is 5.81. The van der Waals surface area contributed by atoms with Crippen molar-refractivity contribution >= 4 is 17.5 Å². The Morgan fingerprint density at radius 1 is 1.08 bits per heavy atom. The number of ether oxygens (including phenoxy) is 1. The Bertz CT molecular complexity index is 957. The van der Waals surface area contributed by atoms with E-state index in [1.807, 2.05) is 32.0 Å². The van der Waals surface area contributed by atoms with Crippen LogP contribution < -0.4 is 10.5 Å². The third kappa shape index (κ3) is 3.78. The number of carbonyl (C=O) groups excluding carboxylic acids is 1. The first-order valence-corrected chi connectivity index (χ1v) is 7.99. The van der Waals surface area contributed by atoms with E-state index in [2.05, 4.69) is 9.97 Å². The van der Waals surface area contributed by atoms with Crippen LogP contribution in [0, 0.1) is 13.8 Å². The minimum Gasteiger partial charge on any atom is -0.456 e. The van der Waals surface area contributed by atoms with Crippen molar-refractivity contribution in [3.8, 4) is 22.8 Å². The molecule has 5 nitrogen and oxygen atoms in total. The second-order valence-electron chi connectivity index (χ2n) is 5.61. The molecule has 25 heavy (non-hydrogen) atoms. The van der Waals surface area contributed by atoms with Crippen LogP contribution in [0.4, 0.5) is 0 Å².